The SMILES string of the molecule is O=C(CNCc1ccccc1Cl)N[C@@H](CCCCO)COC(=O)Nc1cc2ccccc2cn1. The number of nitrogens with one attached hydrogen (secondary N) is 3. The lowest BCUT2D eigenvalue weighted by molar-refractivity contribution is -0.121. The zero-order valence-electron chi connectivity index (χ0n) is 18.8. The van der Waals surface area contributed by atoms with Crippen LogP contribution < -0.4 is 16.0 Å². The number of aromatic nitrogens is 1. The highest BCUT2D eigenvalue weighted by atomic mass is 35.5. The van der Waals surface area contributed by atoms with Crippen molar-refractivity contribution in [2.45, 2.75) is 31.8 Å². The van der Waals surface area contributed by atoms with E-state index < -0.39 is 6.09 Å². The monoisotopic (exact) mass is 484 g/mol. The zero-order valence-corrected chi connectivity index (χ0v) is 19.6. The number of anilines is 1. The third kappa shape index (κ3) is 8.30. The van der Waals surface area contributed by atoms with Gasteiger partial charge in [-0.3, -0.25) is 10.1 Å². The first kappa shape index (κ1) is 25.4. The molecule has 0 saturated carbocycles. The standard InChI is InChI=1S/C25H29ClN4O4/c26-22-11-4-3-9-20(22)14-27-16-24(32)29-21(10-5-6-12-31)17-34-25(33)30-23-13-18-7-1-2-8-19(18)15-28-23/h1-4,7-9,11,13,15,21,27,31H,5-6,10,12,14,16-17H2,(H,29,32)(H,28,30,33)/t21-/m0/s1. The third-order valence-corrected chi connectivity index (χ3v) is 5.53. The van der Waals surface area contributed by atoms with Crippen LogP contribution in [0.1, 0.15) is 24.8 Å². The van der Waals surface area contributed by atoms with Crippen molar-refractivity contribution >= 4 is 40.2 Å². The molecule has 0 aliphatic heterocycles. The predicted molar refractivity (Wildman–Crippen MR) is 133 cm³/mol. The molecule has 3 rings (SSSR count). The van der Waals surface area contributed by atoms with E-state index in [1.54, 1.807) is 18.3 Å². The van der Waals surface area contributed by atoms with Gasteiger partial charge in [0.05, 0.1) is 12.6 Å². The van der Waals surface area contributed by atoms with Crippen LogP contribution in [0.15, 0.2) is 60.8 Å². The Hall–Kier alpha value is -3.20. The van der Waals surface area contributed by atoms with Crippen LogP contribution in [0.5, 0.6) is 0 Å². The molecule has 1 aromatic heterocycles. The minimum Gasteiger partial charge on any atom is -0.447 e. The highest BCUT2D eigenvalue weighted by Crippen LogP contribution is 2.16. The second-order valence-corrected chi connectivity index (χ2v) is 8.23. The van der Waals surface area contributed by atoms with Gasteiger partial charge >= 0.3 is 6.09 Å². The topological polar surface area (TPSA) is 113 Å². The van der Waals surface area contributed by atoms with E-state index in [-0.39, 0.29) is 31.7 Å². The number of aliphatic hydroxyl groups is 1. The second kappa shape index (κ2) is 13.5. The van der Waals surface area contributed by atoms with Crippen molar-refractivity contribution in [2.24, 2.45) is 0 Å². The number of pyridine rings is 1. The van der Waals surface area contributed by atoms with Gasteiger partial charge in [-0.15, -0.1) is 0 Å². The Balaban J connectivity index is 1.47. The minimum atomic E-state index is -0.652. The third-order valence-electron chi connectivity index (χ3n) is 5.16. The Morgan fingerprint density at radius 1 is 1.06 bits per heavy atom. The molecule has 2 amide bonds. The molecule has 3 aromatic rings. The lowest BCUT2D eigenvalue weighted by Crippen LogP contribution is -2.43. The first-order chi connectivity index (χ1) is 16.5. The maximum atomic E-state index is 12.4. The molecule has 0 fully saturated rings. The summed E-state index contributed by atoms with van der Waals surface area (Å²) in [5, 5.41) is 20.2. The molecule has 9 heteroatoms. The summed E-state index contributed by atoms with van der Waals surface area (Å²) in [4.78, 5) is 28.9. The summed E-state index contributed by atoms with van der Waals surface area (Å²) in [6.45, 7) is 0.616. The minimum absolute atomic E-state index is 0.00109. The Kier molecular flexibility index (Phi) is 10.1. The molecule has 0 radical (unpaired) electrons. The molecule has 34 heavy (non-hydrogen) atoms. The van der Waals surface area contributed by atoms with Gasteiger partial charge in [-0.25, -0.2) is 9.78 Å². The van der Waals surface area contributed by atoms with Crippen LogP contribution in [0.2, 0.25) is 5.02 Å². The van der Waals surface area contributed by atoms with E-state index in [1.807, 2.05) is 42.5 Å². The van der Waals surface area contributed by atoms with E-state index in [0.29, 0.717) is 36.6 Å². The van der Waals surface area contributed by atoms with Gasteiger partial charge in [0, 0.05) is 29.8 Å². The van der Waals surface area contributed by atoms with E-state index in [0.717, 1.165) is 16.3 Å². The van der Waals surface area contributed by atoms with E-state index >= 15 is 0 Å². The number of halogens is 1. The highest BCUT2D eigenvalue weighted by molar-refractivity contribution is 6.31. The highest BCUT2D eigenvalue weighted by Gasteiger charge is 2.15. The van der Waals surface area contributed by atoms with E-state index in [2.05, 4.69) is 20.9 Å². The molecular formula is C25H29ClN4O4. The quantitative estimate of drug-likeness (QED) is 0.290. The predicted octanol–water partition coefficient (Wildman–Crippen LogP) is 3.87. The molecule has 4 N–H and O–H groups in total. The van der Waals surface area contributed by atoms with Gasteiger partial charge in [-0.1, -0.05) is 54.1 Å². The summed E-state index contributed by atoms with van der Waals surface area (Å²) < 4.78 is 5.34. The number of hydrogen-bond donors (Lipinski definition) is 4. The van der Waals surface area contributed by atoms with Crippen LogP contribution in [0, 0.1) is 0 Å². The van der Waals surface area contributed by atoms with E-state index in [9.17, 15) is 9.59 Å². The van der Waals surface area contributed by atoms with Crippen molar-refractivity contribution < 1.29 is 19.4 Å². The Bertz CT molecular complexity index is 1100. The van der Waals surface area contributed by atoms with Gasteiger partial charge in [0.15, 0.2) is 0 Å². The summed E-state index contributed by atoms with van der Waals surface area (Å²) in [5.41, 5.74) is 0.902. The molecule has 0 aliphatic rings. The van der Waals surface area contributed by atoms with Crippen LogP contribution in [-0.2, 0) is 16.1 Å². The van der Waals surface area contributed by atoms with Crippen LogP contribution in [0.3, 0.4) is 0 Å². The van der Waals surface area contributed by atoms with Gasteiger partial charge in [0.1, 0.15) is 12.4 Å². The van der Waals surface area contributed by atoms with Crippen LogP contribution >= 0.6 is 11.6 Å². The number of rotatable bonds is 12. The Labute approximate surface area is 203 Å². The smallest absolute Gasteiger partial charge is 0.412 e. The maximum absolute atomic E-state index is 12.4. The fourth-order valence-corrected chi connectivity index (χ4v) is 3.60. The van der Waals surface area contributed by atoms with Gasteiger partial charge in [-0.2, -0.15) is 0 Å². The second-order valence-electron chi connectivity index (χ2n) is 7.82. The van der Waals surface area contributed by atoms with Crippen LogP contribution in [0.25, 0.3) is 10.8 Å². The number of fused-ring (bicyclic) bond motifs is 1. The molecule has 0 spiro atoms. The lowest BCUT2D eigenvalue weighted by atomic mass is 10.1. The summed E-state index contributed by atoms with van der Waals surface area (Å²) in [5.74, 6) is 0.162. The normalized spacial score (nSPS) is 11.7. The number of unbranched alkanes of at least 4 members (excludes halogenated alkanes) is 1. The maximum Gasteiger partial charge on any atom is 0.412 e. The molecule has 8 nitrogen and oxygen atoms in total. The largest absolute Gasteiger partial charge is 0.447 e. The number of hydrogen-bond acceptors (Lipinski definition) is 6. The summed E-state index contributed by atoms with van der Waals surface area (Å²) in [7, 11) is 0. The molecule has 1 heterocycles. The number of carbonyl (C=O) groups excluding carboxylic acids is 2. The fourth-order valence-electron chi connectivity index (χ4n) is 3.40. The summed E-state index contributed by atoms with van der Waals surface area (Å²) in [6.07, 6.45) is 2.88. The molecule has 1 atom stereocenters. The van der Waals surface area contributed by atoms with Crippen molar-refractivity contribution in [1.29, 1.82) is 0 Å². The van der Waals surface area contributed by atoms with E-state index in [1.165, 1.54) is 0 Å². The average molecular weight is 485 g/mol. The van der Waals surface area contributed by atoms with Gasteiger partial charge in [-0.05, 0) is 42.3 Å². The molecular weight excluding hydrogens is 456 g/mol. The molecule has 180 valence electrons. The number of amides is 2. The number of carbonyl (C=O) groups is 2. The fraction of sp³-hybridized carbons (Fsp3) is 0.320. The Morgan fingerprint density at radius 2 is 1.82 bits per heavy atom. The van der Waals surface area contributed by atoms with Crippen molar-refractivity contribution in [1.82, 2.24) is 15.6 Å². The summed E-state index contributed by atoms with van der Waals surface area (Å²) in [6, 6.07) is 16.5. The molecule has 2 aromatic carbocycles. The van der Waals surface area contributed by atoms with Gasteiger partial charge in [0.25, 0.3) is 0 Å². The number of nitrogens with zero attached hydrogens (tertiary/aromatic N) is 1. The van der Waals surface area contributed by atoms with Gasteiger partial charge in [0.2, 0.25) is 5.91 Å². The number of ether oxygens (including phenoxy) is 1. The molecule has 0 aliphatic carbocycles. The number of benzene rings is 2. The first-order valence-corrected chi connectivity index (χ1v) is 11.6. The first-order valence-electron chi connectivity index (χ1n) is 11.2. The van der Waals surface area contributed by atoms with Gasteiger partial charge < -0.3 is 20.5 Å². The van der Waals surface area contributed by atoms with Crippen molar-refractivity contribution in [3.05, 3.63) is 71.4 Å². The van der Waals surface area contributed by atoms with Crippen LogP contribution in [0.4, 0.5) is 10.6 Å². The molecule has 0 unspecified atom stereocenters. The van der Waals surface area contributed by atoms with Crippen molar-refractivity contribution in [3.8, 4) is 0 Å². The zero-order chi connectivity index (χ0) is 24.2. The Morgan fingerprint density at radius 3 is 2.62 bits per heavy atom. The molecule has 0 saturated heterocycles. The summed E-state index contributed by atoms with van der Waals surface area (Å²) >= 11 is 6.13. The van der Waals surface area contributed by atoms with Crippen LogP contribution in [-0.4, -0.2) is 47.9 Å². The average Bonchev–Trinajstić information content (AvgIpc) is 2.83. The van der Waals surface area contributed by atoms with Crippen molar-refractivity contribution in [2.75, 3.05) is 25.1 Å². The number of aliphatic hydroxyl groups excluding tert-OH is 1. The van der Waals surface area contributed by atoms with E-state index in [4.69, 9.17) is 21.4 Å². The molecule has 0 bridgehead atoms. The van der Waals surface area contributed by atoms with Crippen molar-refractivity contribution in [3.63, 3.8) is 0 Å². The lowest BCUT2D eigenvalue weighted by Gasteiger charge is -2.19.